The summed E-state index contributed by atoms with van der Waals surface area (Å²) in [4.78, 5) is 42.6. The van der Waals surface area contributed by atoms with E-state index >= 15 is 0 Å². The van der Waals surface area contributed by atoms with Crippen molar-refractivity contribution in [2.45, 2.75) is 13.1 Å². The number of urea groups is 1. The quantitative estimate of drug-likeness (QED) is 0.142. The van der Waals surface area contributed by atoms with Crippen LogP contribution >= 0.6 is 47.1 Å². The predicted molar refractivity (Wildman–Crippen MR) is 132 cm³/mol. The maximum absolute atomic E-state index is 13.0. The molecule has 188 valence electrons. The summed E-state index contributed by atoms with van der Waals surface area (Å²) in [7, 11) is 1.23. The molecule has 1 N–H and O–H groups in total. The molecule has 0 aliphatic rings. The van der Waals surface area contributed by atoms with Gasteiger partial charge in [0.25, 0.3) is 5.91 Å². The van der Waals surface area contributed by atoms with Gasteiger partial charge in [0.15, 0.2) is 0 Å². The molecular formula is C20H17Cl2F3N4O4S2. The molecule has 2 aromatic rings. The second-order valence-electron chi connectivity index (χ2n) is 6.45. The van der Waals surface area contributed by atoms with Gasteiger partial charge in [0.1, 0.15) is 5.04 Å². The summed E-state index contributed by atoms with van der Waals surface area (Å²) in [6, 6.07) is 6.65. The maximum atomic E-state index is 13.0. The molecule has 0 aliphatic heterocycles. The largest absolute Gasteiger partial charge is 0.447 e. The number of nitrogens with one attached hydrogen (secondary N) is 1. The Morgan fingerprint density at radius 2 is 1.63 bits per heavy atom. The second kappa shape index (κ2) is 12.4. The van der Waals surface area contributed by atoms with E-state index in [1.807, 2.05) is 0 Å². The Morgan fingerprint density at radius 3 is 2.14 bits per heavy atom. The number of amides is 4. The average molecular weight is 569 g/mol. The van der Waals surface area contributed by atoms with Crippen molar-refractivity contribution in [3.63, 3.8) is 0 Å². The molecular weight excluding hydrogens is 552 g/mol. The number of halogens is 5. The van der Waals surface area contributed by atoms with E-state index in [0.717, 1.165) is 32.9 Å². The number of hydrogen-bond acceptors (Lipinski definition) is 7. The molecule has 35 heavy (non-hydrogen) atoms. The fraction of sp³-hybridized carbons (Fsp3) is 0.200. The second-order valence-corrected chi connectivity index (χ2v) is 9.34. The standard InChI is InChI=1S/C20H17Cl2F3N4O4S2/c1-11(34-3)27-33-19(32)28(2)35-29(13-9-7-12(8-10-13)20(23,24)25)18(31)26-17(30)16-14(21)5-4-6-15(16)22/h4-10H,1-3H3,(H,26,30,31)/b27-11+. The number of anilines is 1. The number of alkyl halides is 3. The Labute approximate surface area is 217 Å². The fourth-order valence-corrected chi connectivity index (χ4v) is 3.63. The van der Waals surface area contributed by atoms with Crippen LogP contribution in [0.25, 0.3) is 0 Å². The van der Waals surface area contributed by atoms with Crippen LogP contribution in [-0.2, 0) is 11.0 Å². The van der Waals surface area contributed by atoms with E-state index in [1.54, 1.807) is 13.2 Å². The van der Waals surface area contributed by atoms with Crippen LogP contribution in [0.2, 0.25) is 10.0 Å². The molecule has 0 radical (unpaired) electrons. The first kappa shape index (κ1) is 28.6. The number of nitrogens with zero attached hydrogens (tertiary/aromatic N) is 3. The first-order valence-corrected chi connectivity index (χ1v) is 12.0. The summed E-state index contributed by atoms with van der Waals surface area (Å²) in [6.07, 6.45) is -3.89. The highest BCUT2D eigenvalue weighted by Crippen LogP contribution is 2.33. The van der Waals surface area contributed by atoms with E-state index in [9.17, 15) is 27.6 Å². The molecule has 2 rings (SSSR count). The molecule has 15 heteroatoms. The summed E-state index contributed by atoms with van der Waals surface area (Å²) in [5.41, 5.74) is -1.22. The molecule has 2 aromatic carbocycles. The molecule has 0 aromatic heterocycles. The van der Waals surface area contributed by atoms with Gasteiger partial charge in [0.05, 0.1) is 39.0 Å². The van der Waals surface area contributed by atoms with Gasteiger partial charge in [0, 0.05) is 7.05 Å². The number of hydrogen-bond donors (Lipinski definition) is 1. The summed E-state index contributed by atoms with van der Waals surface area (Å²) >= 11 is 13.7. The Hall–Kier alpha value is -2.61. The Bertz CT molecular complexity index is 1110. The molecule has 0 aliphatic carbocycles. The lowest BCUT2D eigenvalue weighted by Gasteiger charge is -2.25. The van der Waals surface area contributed by atoms with Crippen LogP contribution in [0.1, 0.15) is 22.8 Å². The fourth-order valence-electron chi connectivity index (χ4n) is 2.27. The number of oxime groups is 1. The van der Waals surface area contributed by atoms with E-state index < -0.39 is 29.8 Å². The van der Waals surface area contributed by atoms with Crippen molar-refractivity contribution in [3.05, 3.63) is 63.6 Å². The van der Waals surface area contributed by atoms with Crippen molar-refractivity contribution < 1.29 is 32.4 Å². The van der Waals surface area contributed by atoms with Gasteiger partial charge in [-0.2, -0.15) is 13.2 Å². The van der Waals surface area contributed by atoms with Crippen LogP contribution in [0.3, 0.4) is 0 Å². The summed E-state index contributed by atoms with van der Waals surface area (Å²) in [6.45, 7) is 1.60. The first-order valence-electron chi connectivity index (χ1n) is 9.33. The smallest absolute Gasteiger partial charge is 0.296 e. The summed E-state index contributed by atoms with van der Waals surface area (Å²) < 4.78 is 40.5. The van der Waals surface area contributed by atoms with E-state index in [2.05, 4.69) is 10.5 Å². The van der Waals surface area contributed by atoms with Crippen molar-refractivity contribution in [2.75, 3.05) is 17.6 Å². The van der Waals surface area contributed by atoms with Gasteiger partial charge in [-0.3, -0.25) is 14.9 Å². The molecule has 0 spiro atoms. The van der Waals surface area contributed by atoms with Crippen molar-refractivity contribution >= 4 is 75.9 Å². The molecule has 0 bridgehead atoms. The highest BCUT2D eigenvalue weighted by Gasteiger charge is 2.31. The highest BCUT2D eigenvalue weighted by atomic mass is 35.5. The maximum Gasteiger partial charge on any atom is 0.447 e. The third-order valence-electron chi connectivity index (χ3n) is 4.03. The number of benzene rings is 2. The molecule has 0 saturated carbocycles. The van der Waals surface area contributed by atoms with Gasteiger partial charge in [-0.1, -0.05) is 34.4 Å². The molecule has 0 atom stereocenters. The third-order valence-corrected chi connectivity index (χ3v) is 6.26. The number of carbonyl (C=O) groups excluding carboxylic acids is 3. The number of rotatable bonds is 5. The van der Waals surface area contributed by atoms with Gasteiger partial charge in [0.2, 0.25) is 0 Å². The predicted octanol–water partition coefficient (Wildman–Crippen LogP) is 6.70. The lowest BCUT2D eigenvalue weighted by Crippen LogP contribution is -2.42. The summed E-state index contributed by atoms with van der Waals surface area (Å²) in [5.74, 6) is -0.964. The minimum Gasteiger partial charge on any atom is -0.296 e. The molecule has 0 saturated heterocycles. The molecule has 0 fully saturated rings. The van der Waals surface area contributed by atoms with Gasteiger partial charge in [-0.25, -0.2) is 18.2 Å². The first-order chi connectivity index (χ1) is 16.3. The Morgan fingerprint density at radius 1 is 1.06 bits per heavy atom. The Kier molecular flexibility index (Phi) is 10.1. The normalized spacial score (nSPS) is 11.6. The lowest BCUT2D eigenvalue weighted by atomic mass is 10.2. The van der Waals surface area contributed by atoms with Crippen molar-refractivity contribution in [3.8, 4) is 0 Å². The Balaban J connectivity index is 2.33. The van der Waals surface area contributed by atoms with E-state index in [-0.39, 0.29) is 21.3 Å². The zero-order valence-electron chi connectivity index (χ0n) is 18.2. The lowest BCUT2D eigenvalue weighted by molar-refractivity contribution is -0.137. The monoisotopic (exact) mass is 568 g/mol. The number of imide groups is 1. The van der Waals surface area contributed by atoms with E-state index in [0.29, 0.717) is 17.2 Å². The summed E-state index contributed by atoms with van der Waals surface area (Å²) in [5, 5.41) is 6.02. The van der Waals surface area contributed by atoms with Gasteiger partial charge < -0.3 is 0 Å². The molecule has 8 nitrogen and oxygen atoms in total. The van der Waals surface area contributed by atoms with Gasteiger partial charge >= 0.3 is 18.3 Å². The minimum atomic E-state index is -4.61. The number of thioether (sulfide) groups is 1. The average Bonchev–Trinajstić information content (AvgIpc) is 2.79. The topological polar surface area (TPSA) is 91.3 Å². The van der Waals surface area contributed by atoms with Crippen LogP contribution in [-0.4, -0.2) is 40.7 Å². The molecule has 0 unspecified atom stereocenters. The van der Waals surface area contributed by atoms with Crippen LogP contribution in [0.5, 0.6) is 0 Å². The van der Waals surface area contributed by atoms with Crippen molar-refractivity contribution in [1.29, 1.82) is 0 Å². The van der Waals surface area contributed by atoms with Gasteiger partial charge in [-0.05, 0) is 49.6 Å². The number of carbonyl (C=O) groups is 3. The minimum absolute atomic E-state index is 0.0285. The molecule has 0 heterocycles. The molecule has 4 amide bonds. The van der Waals surface area contributed by atoms with Gasteiger partial charge in [-0.15, -0.1) is 11.8 Å². The SMILES string of the molecule is CS/C(C)=N/OC(=O)N(C)SN(C(=O)NC(=O)c1c(Cl)cccc1Cl)c1ccc(C(F)(F)F)cc1. The van der Waals surface area contributed by atoms with Crippen LogP contribution in [0.4, 0.5) is 28.4 Å². The van der Waals surface area contributed by atoms with E-state index in [4.69, 9.17) is 28.0 Å². The van der Waals surface area contributed by atoms with Crippen molar-refractivity contribution in [2.24, 2.45) is 5.16 Å². The zero-order valence-corrected chi connectivity index (χ0v) is 21.4. The van der Waals surface area contributed by atoms with Crippen LogP contribution in [0, 0.1) is 0 Å². The van der Waals surface area contributed by atoms with E-state index in [1.165, 1.54) is 37.0 Å². The van der Waals surface area contributed by atoms with Crippen LogP contribution < -0.4 is 9.62 Å². The highest BCUT2D eigenvalue weighted by molar-refractivity contribution is 8.13. The van der Waals surface area contributed by atoms with Crippen LogP contribution in [0.15, 0.2) is 47.6 Å². The zero-order chi connectivity index (χ0) is 26.3. The third kappa shape index (κ3) is 7.95. The van der Waals surface area contributed by atoms with Crippen molar-refractivity contribution in [1.82, 2.24) is 9.62 Å².